The molecule has 0 spiro atoms. The minimum atomic E-state index is -0.802. The van der Waals surface area contributed by atoms with Gasteiger partial charge in [-0.2, -0.15) is 0 Å². The maximum Gasteiger partial charge on any atom is 0.314 e. The maximum absolute atomic E-state index is 11.8. The molecule has 1 heterocycles. The molecule has 1 aliphatic rings. The smallest absolute Gasteiger partial charge is 0.314 e. The van der Waals surface area contributed by atoms with Gasteiger partial charge in [-0.05, 0) is 36.5 Å². The van der Waals surface area contributed by atoms with Crippen molar-refractivity contribution in [3.63, 3.8) is 0 Å². The van der Waals surface area contributed by atoms with Gasteiger partial charge in [-0.3, -0.25) is 4.79 Å². The van der Waals surface area contributed by atoms with E-state index in [1.807, 2.05) is 30.3 Å². The fourth-order valence-electron chi connectivity index (χ4n) is 3.15. The van der Waals surface area contributed by atoms with Crippen LogP contribution in [0.25, 0.3) is 11.1 Å². The first kappa shape index (κ1) is 14.8. The Kier molecular flexibility index (Phi) is 3.99. The van der Waals surface area contributed by atoms with Gasteiger partial charge in [0, 0.05) is 13.2 Å². The van der Waals surface area contributed by atoms with Crippen molar-refractivity contribution < 1.29 is 14.6 Å². The lowest BCUT2D eigenvalue weighted by Crippen LogP contribution is -2.41. The number of benzene rings is 2. The van der Waals surface area contributed by atoms with Crippen molar-refractivity contribution in [2.45, 2.75) is 25.2 Å². The van der Waals surface area contributed by atoms with Gasteiger partial charge in [0.05, 0.1) is 5.41 Å². The van der Waals surface area contributed by atoms with Crippen LogP contribution in [0.4, 0.5) is 0 Å². The van der Waals surface area contributed by atoms with Gasteiger partial charge in [0.2, 0.25) is 0 Å². The third-order valence-electron chi connectivity index (χ3n) is 4.54. The van der Waals surface area contributed by atoms with Crippen molar-refractivity contribution in [2.75, 3.05) is 13.2 Å². The molecule has 2 aromatic rings. The third-order valence-corrected chi connectivity index (χ3v) is 4.54. The molecule has 1 aliphatic heterocycles. The molecule has 1 fully saturated rings. The summed E-state index contributed by atoms with van der Waals surface area (Å²) in [6.07, 6.45) is 1.07. The zero-order chi connectivity index (χ0) is 15.6. The number of aliphatic carboxylic acids is 1. The predicted molar refractivity (Wildman–Crippen MR) is 86.0 cm³/mol. The summed E-state index contributed by atoms with van der Waals surface area (Å²) in [5, 5.41) is 9.71. The molecule has 22 heavy (non-hydrogen) atoms. The molecule has 3 nitrogen and oxygen atoms in total. The topological polar surface area (TPSA) is 46.5 Å². The number of ether oxygens (including phenoxy) is 1. The lowest BCUT2D eigenvalue weighted by atomic mass is 9.74. The van der Waals surface area contributed by atoms with Gasteiger partial charge in [-0.1, -0.05) is 54.1 Å². The Morgan fingerprint density at radius 1 is 1.05 bits per heavy atom. The predicted octanol–water partition coefficient (Wildman–Crippen LogP) is 3.79. The summed E-state index contributed by atoms with van der Waals surface area (Å²) in [5.41, 5.74) is 3.55. The molecular formula is C19H20O3. The monoisotopic (exact) mass is 296 g/mol. The summed E-state index contributed by atoms with van der Waals surface area (Å²) in [6, 6.07) is 16.3. The zero-order valence-corrected chi connectivity index (χ0v) is 12.7. The van der Waals surface area contributed by atoms with Crippen LogP contribution in [0.1, 0.15) is 24.0 Å². The van der Waals surface area contributed by atoms with Gasteiger partial charge in [0.15, 0.2) is 0 Å². The Balaban J connectivity index is 1.94. The zero-order valence-electron chi connectivity index (χ0n) is 12.7. The van der Waals surface area contributed by atoms with Crippen LogP contribution in [0.5, 0.6) is 0 Å². The van der Waals surface area contributed by atoms with Gasteiger partial charge >= 0.3 is 5.97 Å². The Labute approximate surface area is 130 Å². The second-order valence-electron chi connectivity index (χ2n) is 5.95. The standard InChI is InChI=1S/C19H20O3/c1-14-3-2-4-16(13-14)15-5-7-17(8-6-15)19(18(20)21)9-11-22-12-10-19/h2-8,13H,9-12H2,1H3,(H,20,21). The highest BCUT2D eigenvalue weighted by atomic mass is 16.5. The van der Waals surface area contributed by atoms with Gasteiger partial charge in [-0.15, -0.1) is 0 Å². The molecule has 0 bridgehead atoms. The summed E-state index contributed by atoms with van der Waals surface area (Å²) >= 11 is 0. The van der Waals surface area contributed by atoms with Crippen LogP contribution in [0.2, 0.25) is 0 Å². The number of rotatable bonds is 3. The fourth-order valence-corrected chi connectivity index (χ4v) is 3.15. The summed E-state index contributed by atoms with van der Waals surface area (Å²) in [4.78, 5) is 11.8. The van der Waals surface area contributed by atoms with Gasteiger partial charge in [-0.25, -0.2) is 0 Å². The number of hydrogen-bond acceptors (Lipinski definition) is 2. The molecule has 0 aromatic heterocycles. The maximum atomic E-state index is 11.8. The number of carbonyl (C=O) groups is 1. The van der Waals surface area contributed by atoms with Crippen LogP contribution in [-0.4, -0.2) is 24.3 Å². The largest absolute Gasteiger partial charge is 0.481 e. The van der Waals surface area contributed by atoms with Crippen LogP contribution < -0.4 is 0 Å². The lowest BCUT2D eigenvalue weighted by molar-refractivity contribution is -0.147. The summed E-state index contributed by atoms with van der Waals surface area (Å²) < 4.78 is 5.34. The van der Waals surface area contributed by atoms with Crippen molar-refractivity contribution in [2.24, 2.45) is 0 Å². The molecule has 0 amide bonds. The molecule has 114 valence electrons. The number of carboxylic acids is 1. The van der Waals surface area contributed by atoms with Gasteiger partial charge in [0.1, 0.15) is 0 Å². The number of aryl methyl sites for hydroxylation is 1. The van der Waals surface area contributed by atoms with E-state index < -0.39 is 11.4 Å². The summed E-state index contributed by atoms with van der Waals surface area (Å²) in [7, 11) is 0. The minimum absolute atomic E-state index is 0.506. The molecule has 0 aliphatic carbocycles. The molecule has 0 atom stereocenters. The van der Waals surface area contributed by atoms with E-state index in [2.05, 4.69) is 25.1 Å². The molecule has 0 unspecified atom stereocenters. The molecule has 2 aromatic carbocycles. The van der Waals surface area contributed by atoms with Crippen LogP contribution >= 0.6 is 0 Å². The Hall–Kier alpha value is -2.13. The number of hydrogen-bond donors (Lipinski definition) is 1. The first-order valence-corrected chi connectivity index (χ1v) is 7.60. The quantitative estimate of drug-likeness (QED) is 0.937. The molecule has 3 heteroatoms. The van der Waals surface area contributed by atoms with E-state index in [1.165, 1.54) is 5.56 Å². The highest BCUT2D eigenvalue weighted by molar-refractivity contribution is 5.82. The van der Waals surface area contributed by atoms with Crippen molar-refractivity contribution in [3.05, 3.63) is 59.7 Å². The molecule has 1 N–H and O–H groups in total. The van der Waals surface area contributed by atoms with Crippen molar-refractivity contribution >= 4 is 5.97 Å². The van der Waals surface area contributed by atoms with E-state index in [0.717, 1.165) is 16.7 Å². The van der Waals surface area contributed by atoms with E-state index in [4.69, 9.17) is 4.74 Å². The highest BCUT2D eigenvalue weighted by Crippen LogP contribution is 2.36. The van der Waals surface area contributed by atoms with Gasteiger partial charge < -0.3 is 9.84 Å². The van der Waals surface area contributed by atoms with Crippen molar-refractivity contribution in [1.29, 1.82) is 0 Å². The van der Waals surface area contributed by atoms with Crippen LogP contribution in [0, 0.1) is 6.92 Å². The second-order valence-corrected chi connectivity index (χ2v) is 5.95. The second kappa shape index (κ2) is 5.93. The third kappa shape index (κ3) is 2.64. The summed E-state index contributed by atoms with van der Waals surface area (Å²) in [5.74, 6) is -0.751. The van der Waals surface area contributed by atoms with Crippen LogP contribution in [0.15, 0.2) is 48.5 Å². The average molecular weight is 296 g/mol. The highest BCUT2D eigenvalue weighted by Gasteiger charge is 2.41. The first-order valence-electron chi connectivity index (χ1n) is 7.60. The fraction of sp³-hybridized carbons (Fsp3) is 0.316. The Bertz CT molecular complexity index is 667. The van der Waals surface area contributed by atoms with Crippen molar-refractivity contribution in [3.8, 4) is 11.1 Å². The Morgan fingerprint density at radius 3 is 2.32 bits per heavy atom. The van der Waals surface area contributed by atoms with E-state index in [-0.39, 0.29) is 0 Å². The van der Waals surface area contributed by atoms with E-state index >= 15 is 0 Å². The lowest BCUT2D eigenvalue weighted by Gasteiger charge is -2.33. The Morgan fingerprint density at radius 2 is 1.73 bits per heavy atom. The van der Waals surface area contributed by atoms with Crippen LogP contribution in [0.3, 0.4) is 0 Å². The molecule has 0 radical (unpaired) electrons. The van der Waals surface area contributed by atoms with E-state index in [0.29, 0.717) is 26.1 Å². The molecular weight excluding hydrogens is 276 g/mol. The van der Waals surface area contributed by atoms with Crippen LogP contribution in [-0.2, 0) is 14.9 Å². The molecule has 3 rings (SSSR count). The van der Waals surface area contributed by atoms with E-state index in [1.54, 1.807) is 0 Å². The van der Waals surface area contributed by atoms with E-state index in [9.17, 15) is 9.90 Å². The normalized spacial score (nSPS) is 17.1. The SMILES string of the molecule is Cc1cccc(-c2ccc(C3(C(=O)O)CCOCC3)cc2)c1. The summed E-state index contributed by atoms with van der Waals surface area (Å²) in [6.45, 7) is 3.08. The average Bonchev–Trinajstić information content (AvgIpc) is 2.55. The molecule has 0 saturated carbocycles. The van der Waals surface area contributed by atoms with Gasteiger partial charge in [0.25, 0.3) is 0 Å². The number of carboxylic acid groups (broad SMARTS) is 1. The minimum Gasteiger partial charge on any atom is -0.481 e. The van der Waals surface area contributed by atoms with Crippen molar-refractivity contribution in [1.82, 2.24) is 0 Å². The molecule has 1 saturated heterocycles. The first-order chi connectivity index (χ1) is 10.6.